The third kappa shape index (κ3) is 6.66. The Morgan fingerprint density at radius 3 is 2.57 bits per heavy atom. The van der Waals surface area contributed by atoms with E-state index in [1.54, 1.807) is 25.1 Å². The van der Waals surface area contributed by atoms with Crippen LogP contribution in [0.3, 0.4) is 0 Å². The number of Topliss-reactive ketones (excluding diaryl/α,β-unsaturated/α-hetero) is 1. The highest BCUT2D eigenvalue weighted by Gasteiger charge is 2.38. The largest absolute Gasteiger partial charge is 0.444 e. The summed E-state index contributed by atoms with van der Waals surface area (Å²) in [6.07, 6.45) is 6.63. The number of carbonyl (C=O) groups excluding carboxylic acids is 3. The summed E-state index contributed by atoms with van der Waals surface area (Å²) in [4.78, 5) is 43.2. The van der Waals surface area contributed by atoms with E-state index in [1.807, 2.05) is 0 Å². The van der Waals surface area contributed by atoms with Gasteiger partial charge in [-0.1, -0.05) is 31.7 Å². The molecule has 2 aromatic rings. The van der Waals surface area contributed by atoms with Gasteiger partial charge in [0.05, 0.1) is 12.6 Å². The van der Waals surface area contributed by atoms with Crippen molar-refractivity contribution in [1.82, 2.24) is 19.9 Å². The third-order valence-corrected chi connectivity index (χ3v) is 9.36. The maximum atomic E-state index is 13.4. The molecule has 10 nitrogen and oxygen atoms in total. The van der Waals surface area contributed by atoms with Crippen LogP contribution in [-0.2, 0) is 19.6 Å². The molecule has 12 heteroatoms. The molecular formula is C25H31BrN4O6S. The Kier molecular flexibility index (Phi) is 8.81. The van der Waals surface area contributed by atoms with Crippen molar-refractivity contribution in [2.45, 2.75) is 75.0 Å². The molecule has 0 spiro atoms. The van der Waals surface area contributed by atoms with Gasteiger partial charge in [0.2, 0.25) is 5.91 Å². The van der Waals surface area contributed by atoms with Crippen LogP contribution in [0.1, 0.15) is 62.4 Å². The van der Waals surface area contributed by atoms with Crippen molar-refractivity contribution in [3.8, 4) is 0 Å². The lowest BCUT2D eigenvalue weighted by Crippen LogP contribution is -2.52. The Hall–Kier alpha value is -2.57. The second kappa shape index (κ2) is 11.9. The van der Waals surface area contributed by atoms with Gasteiger partial charge >= 0.3 is 0 Å². The van der Waals surface area contributed by atoms with E-state index < -0.39 is 45.7 Å². The average Bonchev–Trinajstić information content (AvgIpc) is 3.53. The van der Waals surface area contributed by atoms with E-state index in [2.05, 4.69) is 31.5 Å². The van der Waals surface area contributed by atoms with Crippen LogP contribution < -0.4 is 10.6 Å². The molecule has 2 aromatic heterocycles. The summed E-state index contributed by atoms with van der Waals surface area (Å²) < 4.78 is 33.2. The van der Waals surface area contributed by atoms with Gasteiger partial charge in [-0.2, -0.15) is 4.31 Å². The first-order valence-electron chi connectivity index (χ1n) is 12.5. The first-order chi connectivity index (χ1) is 17.6. The fourth-order valence-corrected chi connectivity index (χ4v) is 6.84. The number of furan rings is 1. The molecule has 0 bridgehead atoms. The number of sulfonamides is 1. The van der Waals surface area contributed by atoms with Gasteiger partial charge in [-0.05, 0) is 72.3 Å². The van der Waals surface area contributed by atoms with Gasteiger partial charge in [0.15, 0.2) is 21.2 Å². The van der Waals surface area contributed by atoms with E-state index >= 15 is 0 Å². The smallest absolute Gasteiger partial charge is 0.287 e. The summed E-state index contributed by atoms with van der Waals surface area (Å²) in [6.45, 7) is 1.37. The summed E-state index contributed by atoms with van der Waals surface area (Å²) in [6, 6.07) is 5.53. The van der Waals surface area contributed by atoms with Gasteiger partial charge in [-0.15, -0.1) is 0 Å². The molecule has 0 aromatic carbocycles. The topological polar surface area (TPSA) is 139 Å². The van der Waals surface area contributed by atoms with Crippen molar-refractivity contribution in [2.24, 2.45) is 5.92 Å². The molecule has 3 heterocycles. The number of hydrogen-bond acceptors (Lipinski definition) is 7. The van der Waals surface area contributed by atoms with E-state index in [1.165, 1.54) is 18.3 Å². The lowest BCUT2D eigenvalue weighted by molar-refractivity contribution is -0.129. The highest BCUT2D eigenvalue weighted by atomic mass is 79.9. The lowest BCUT2D eigenvalue weighted by atomic mass is 9.97. The van der Waals surface area contributed by atoms with Crippen molar-refractivity contribution in [1.29, 1.82) is 0 Å². The number of rotatable bonds is 8. The molecule has 1 saturated carbocycles. The van der Waals surface area contributed by atoms with E-state index in [0.29, 0.717) is 23.4 Å². The van der Waals surface area contributed by atoms with E-state index in [4.69, 9.17) is 4.42 Å². The highest BCUT2D eigenvalue weighted by Crippen LogP contribution is 2.29. The van der Waals surface area contributed by atoms with E-state index in [-0.39, 0.29) is 23.8 Å². The fourth-order valence-electron chi connectivity index (χ4n) is 4.98. The van der Waals surface area contributed by atoms with Gasteiger partial charge in [0, 0.05) is 12.2 Å². The Bertz CT molecular complexity index is 1230. The van der Waals surface area contributed by atoms with E-state index in [9.17, 15) is 22.8 Å². The number of aromatic nitrogens is 1. The zero-order valence-electron chi connectivity index (χ0n) is 20.6. The van der Waals surface area contributed by atoms with Crippen LogP contribution in [0.15, 0.2) is 50.6 Å². The number of ketones is 1. The normalized spacial score (nSPS) is 22.4. The molecule has 1 aliphatic carbocycles. The second-order valence-electron chi connectivity index (χ2n) is 9.69. The number of carbonyl (C=O) groups is 3. The van der Waals surface area contributed by atoms with Gasteiger partial charge in [0.25, 0.3) is 15.9 Å². The number of hydrogen-bond donors (Lipinski definition) is 2. The van der Waals surface area contributed by atoms with Crippen molar-refractivity contribution < 1.29 is 27.2 Å². The molecule has 0 radical (unpaired) electrons. The van der Waals surface area contributed by atoms with Crippen LogP contribution in [-0.4, -0.2) is 60.0 Å². The van der Waals surface area contributed by atoms with Crippen molar-refractivity contribution in [3.05, 3.63) is 47.0 Å². The number of nitrogens with one attached hydrogen (secondary N) is 2. The van der Waals surface area contributed by atoms with Crippen molar-refractivity contribution in [2.75, 3.05) is 6.54 Å². The predicted molar refractivity (Wildman–Crippen MR) is 138 cm³/mol. The summed E-state index contributed by atoms with van der Waals surface area (Å²) >= 11 is 3.17. The quantitative estimate of drug-likeness (QED) is 0.479. The molecule has 2 amide bonds. The number of halogens is 1. The Morgan fingerprint density at radius 2 is 1.92 bits per heavy atom. The molecule has 2 aliphatic rings. The molecule has 4 rings (SSSR count). The van der Waals surface area contributed by atoms with Gasteiger partial charge in [0.1, 0.15) is 6.04 Å². The zero-order valence-corrected chi connectivity index (χ0v) is 23.0. The minimum Gasteiger partial charge on any atom is -0.444 e. The van der Waals surface area contributed by atoms with Gasteiger partial charge < -0.3 is 15.1 Å². The third-order valence-electron chi connectivity index (χ3n) is 7.05. The van der Waals surface area contributed by atoms with Crippen molar-refractivity contribution >= 4 is 43.6 Å². The Morgan fingerprint density at radius 1 is 1.16 bits per heavy atom. The first-order valence-corrected chi connectivity index (χ1v) is 14.7. The molecule has 1 saturated heterocycles. The minimum absolute atomic E-state index is 0.0748. The monoisotopic (exact) mass is 594 g/mol. The standard InChI is InChI=1S/C25H31BrN4O6S/c1-16-9-10-18(20(31)15-30(16)37(34,35)23-8-4-5-13-27-23)28-24(32)19(14-17-6-2-3-7-17)29-25(33)21-11-12-22(26)36-21/h4-5,8,11-13,16-19H,2-3,6-7,9-10,14-15H2,1H3,(H,28,32)(H,29,33)/t16-,18+,19+/m1/s1. The summed E-state index contributed by atoms with van der Waals surface area (Å²) in [5.74, 6) is -1.01. The summed E-state index contributed by atoms with van der Waals surface area (Å²) in [5, 5.41) is 5.44. The molecule has 37 heavy (non-hydrogen) atoms. The molecule has 1 aliphatic heterocycles. The van der Waals surface area contributed by atoms with Crippen LogP contribution in [0.5, 0.6) is 0 Å². The van der Waals surface area contributed by atoms with Crippen LogP contribution in [0.2, 0.25) is 0 Å². The number of nitrogens with zero attached hydrogens (tertiary/aromatic N) is 2. The Labute approximate surface area is 224 Å². The fraction of sp³-hybridized carbons (Fsp3) is 0.520. The van der Waals surface area contributed by atoms with Gasteiger partial charge in [-0.3, -0.25) is 14.4 Å². The molecule has 200 valence electrons. The number of amides is 2. The van der Waals surface area contributed by atoms with Crippen molar-refractivity contribution in [3.63, 3.8) is 0 Å². The average molecular weight is 596 g/mol. The maximum absolute atomic E-state index is 13.4. The molecule has 0 unspecified atom stereocenters. The van der Waals surface area contributed by atoms with E-state index in [0.717, 1.165) is 30.0 Å². The molecule has 2 N–H and O–H groups in total. The SMILES string of the molecule is C[C@@H]1CC[C@H](NC(=O)[C@H](CC2CCCC2)NC(=O)c2ccc(Br)o2)C(=O)CN1S(=O)(=O)c1ccccn1. The molecular weight excluding hydrogens is 564 g/mol. The maximum Gasteiger partial charge on any atom is 0.287 e. The summed E-state index contributed by atoms with van der Waals surface area (Å²) in [5.41, 5.74) is 0. The predicted octanol–water partition coefficient (Wildman–Crippen LogP) is 3.04. The van der Waals surface area contributed by atoms with Crippen LogP contribution >= 0.6 is 15.9 Å². The molecule has 2 fully saturated rings. The lowest BCUT2D eigenvalue weighted by Gasteiger charge is -2.25. The number of pyridine rings is 1. The van der Waals surface area contributed by atoms with Crippen LogP contribution in [0.25, 0.3) is 0 Å². The Balaban J connectivity index is 1.46. The van der Waals surface area contributed by atoms with Crippen LogP contribution in [0.4, 0.5) is 0 Å². The van der Waals surface area contributed by atoms with Gasteiger partial charge in [-0.25, -0.2) is 13.4 Å². The zero-order chi connectivity index (χ0) is 26.6. The second-order valence-corrected chi connectivity index (χ2v) is 12.3. The molecule has 3 atom stereocenters. The minimum atomic E-state index is -3.98. The first kappa shape index (κ1) is 27.5. The highest BCUT2D eigenvalue weighted by molar-refractivity contribution is 9.10. The van der Waals surface area contributed by atoms with Crippen LogP contribution in [0, 0.1) is 5.92 Å². The summed E-state index contributed by atoms with van der Waals surface area (Å²) in [7, 11) is -3.98.